The van der Waals surface area contributed by atoms with Crippen LogP contribution in [0.3, 0.4) is 0 Å². The van der Waals surface area contributed by atoms with E-state index in [9.17, 15) is 10.2 Å². The second-order valence-corrected chi connectivity index (χ2v) is 12.3. The average molecular weight is 582 g/mol. The summed E-state index contributed by atoms with van der Waals surface area (Å²) in [4.78, 5) is 23.9. The van der Waals surface area contributed by atoms with Crippen molar-refractivity contribution in [3.05, 3.63) is 0 Å². The van der Waals surface area contributed by atoms with Crippen LogP contribution in [0.2, 0.25) is 0 Å². The third-order valence-electron chi connectivity index (χ3n) is 7.55. The van der Waals surface area contributed by atoms with E-state index in [2.05, 4.69) is 18.7 Å². The van der Waals surface area contributed by atoms with Crippen molar-refractivity contribution in [1.29, 1.82) is 0 Å². The molecule has 0 aromatic heterocycles. The molecule has 0 bridgehead atoms. The van der Waals surface area contributed by atoms with Crippen molar-refractivity contribution in [1.82, 2.24) is 4.90 Å². The zero-order valence-electron chi connectivity index (χ0n) is 25.9. The second-order valence-electron chi connectivity index (χ2n) is 11.3. The molecule has 0 aliphatic heterocycles. The van der Waals surface area contributed by atoms with Crippen molar-refractivity contribution in [3.8, 4) is 0 Å². The molecule has 1 atom stereocenters. The molecule has 0 spiro atoms. The Labute approximate surface area is 242 Å². The van der Waals surface area contributed by atoms with Crippen molar-refractivity contribution >= 4 is 7.82 Å². The molecular formula is C31H68NO6P. The highest BCUT2D eigenvalue weighted by Gasteiger charge is 2.16. The van der Waals surface area contributed by atoms with E-state index >= 15 is 0 Å². The van der Waals surface area contributed by atoms with E-state index in [0.717, 1.165) is 13.0 Å². The number of rotatable bonds is 29. The first kappa shape index (κ1) is 41.1. The van der Waals surface area contributed by atoms with Gasteiger partial charge >= 0.3 is 7.82 Å². The minimum Gasteiger partial charge on any atom is -0.395 e. The van der Waals surface area contributed by atoms with Crippen LogP contribution in [-0.2, 0) is 4.57 Å². The van der Waals surface area contributed by atoms with Gasteiger partial charge in [0.05, 0.1) is 13.2 Å². The third kappa shape index (κ3) is 38.0. The highest BCUT2D eigenvalue weighted by Crippen LogP contribution is 2.25. The number of aliphatic hydroxyl groups excluding tert-OH is 2. The molecule has 0 rings (SSSR count). The standard InChI is InChI=1S/C31H65NO2.H3O4P/c1-3-5-7-9-11-13-15-16-17-18-20-22-24-26-31(30-34)32(28-29-33)27-25-23-21-19-14-12-10-8-6-4-2;1-5(2,3)4/h31,33-34H,3-30H2,1-2H3;(H3,1,2,3,4). The molecule has 0 radical (unpaired) electrons. The Hall–Kier alpha value is -0.0100. The molecule has 0 fully saturated rings. The molecule has 0 aromatic rings. The Balaban J connectivity index is 0. The van der Waals surface area contributed by atoms with E-state index < -0.39 is 7.82 Å². The summed E-state index contributed by atoms with van der Waals surface area (Å²) in [5, 5.41) is 19.5. The quantitative estimate of drug-likeness (QED) is 0.0447. The summed E-state index contributed by atoms with van der Waals surface area (Å²) in [5.41, 5.74) is 0. The maximum Gasteiger partial charge on any atom is 0.466 e. The first-order valence-electron chi connectivity index (χ1n) is 16.5. The molecule has 0 heterocycles. The summed E-state index contributed by atoms with van der Waals surface area (Å²) >= 11 is 0. The zero-order valence-corrected chi connectivity index (χ0v) is 26.8. The summed E-state index contributed by atoms with van der Waals surface area (Å²) in [6.07, 6.45) is 32.6. The third-order valence-corrected chi connectivity index (χ3v) is 7.55. The van der Waals surface area contributed by atoms with Gasteiger partial charge in [-0.2, -0.15) is 0 Å². The van der Waals surface area contributed by atoms with Gasteiger partial charge in [-0.3, -0.25) is 4.90 Å². The molecule has 238 valence electrons. The van der Waals surface area contributed by atoms with Crippen LogP contribution in [-0.4, -0.2) is 62.1 Å². The first-order chi connectivity index (χ1) is 18.8. The van der Waals surface area contributed by atoms with Gasteiger partial charge in [-0.25, -0.2) is 4.57 Å². The van der Waals surface area contributed by atoms with E-state index in [0.29, 0.717) is 6.54 Å². The lowest BCUT2D eigenvalue weighted by atomic mass is 10.0. The Kier molecular flexibility index (Phi) is 34.3. The van der Waals surface area contributed by atoms with Gasteiger partial charge in [-0.15, -0.1) is 0 Å². The van der Waals surface area contributed by atoms with Crippen LogP contribution in [0.4, 0.5) is 0 Å². The summed E-state index contributed by atoms with van der Waals surface area (Å²) in [6.45, 7) is 6.74. The zero-order chi connectivity index (χ0) is 29.5. The summed E-state index contributed by atoms with van der Waals surface area (Å²) in [5.74, 6) is 0. The first-order valence-corrected chi connectivity index (χ1v) is 18.1. The highest BCUT2D eigenvalue weighted by molar-refractivity contribution is 7.45. The van der Waals surface area contributed by atoms with Crippen molar-refractivity contribution in [2.24, 2.45) is 0 Å². The topological polar surface area (TPSA) is 121 Å². The number of nitrogens with zero attached hydrogens (tertiary/aromatic N) is 1. The maximum atomic E-state index is 9.95. The molecule has 39 heavy (non-hydrogen) atoms. The van der Waals surface area contributed by atoms with E-state index in [1.165, 1.54) is 148 Å². The minimum absolute atomic E-state index is 0.201. The molecule has 7 nitrogen and oxygen atoms in total. The van der Waals surface area contributed by atoms with Gasteiger partial charge in [0.15, 0.2) is 0 Å². The van der Waals surface area contributed by atoms with Crippen LogP contribution >= 0.6 is 7.82 Å². The fraction of sp³-hybridized carbons (Fsp3) is 1.00. The van der Waals surface area contributed by atoms with Crippen LogP contribution in [0.1, 0.15) is 168 Å². The predicted octanol–water partition coefficient (Wildman–Crippen LogP) is 8.12. The second kappa shape index (κ2) is 32.5. The predicted molar refractivity (Wildman–Crippen MR) is 166 cm³/mol. The smallest absolute Gasteiger partial charge is 0.395 e. The van der Waals surface area contributed by atoms with Crippen molar-refractivity contribution in [2.75, 3.05) is 26.3 Å². The summed E-state index contributed by atoms with van der Waals surface area (Å²) in [6, 6.07) is 0.235. The van der Waals surface area contributed by atoms with E-state index in [-0.39, 0.29) is 19.3 Å². The van der Waals surface area contributed by atoms with Crippen LogP contribution in [0, 0.1) is 0 Å². The molecule has 0 aliphatic carbocycles. The van der Waals surface area contributed by atoms with Crippen LogP contribution < -0.4 is 0 Å². The Morgan fingerprint density at radius 3 is 1.13 bits per heavy atom. The number of hydrogen-bond acceptors (Lipinski definition) is 4. The van der Waals surface area contributed by atoms with Crippen LogP contribution in [0.5, 0.6) is 0 Å². The summed E-state index contributed by atoms with van der Waals surface area (Å²) in [7, 11) is -4.64. The lowest BCUT2D eigenvalue weighted by molar-refractivity contribution is 0.0926. The lowest BCUT2D eigenvalue weighted by Crippen LogP contribution is -2.40. The van der Waals surface area contributed by atoms with Gasteiger partial charge in [-0.1, -0.05) is 155 Å². The Morgan fingerprint density at radius 2 is 0.821 bits per heavy atom. The largest absolute Gasteiger partial charge is 0.466 e. The lowest BCUT2D eigenvalue weighted by Gasteiger charge is -2.30. The van der Waals surface area contributed by atoms with E-state index in [4.69, 9.17) is 19.2 Å². The molecular weight excluding hydrogens is 513 g/mol. The van der Waals surface area contributed by atoms with Gasteiger partial charge in [-0.05, 0) is 19.4 Å². The highest BCUT2D eigenvalue weighted by atomic mass is 31.2. The molecule has 8 heteroatoms. The molecule has 0 saturated heterocycles. The molecule has 1 unspecified atom stereocenters. The van der Waals surface area contributed by atoms with Crippen molar-refractivity contribution in [2.45, 2.75) is 174 Å². The molecule has 0 amide bonds. The van der Waals surface area contributed by atoms with E-state index in [1.54, 1.807) is 0 Å². The molecule has 5 N–H and O–H groups in total. The monoisotopic (exact) mass is 581 g/mol. The summed E-state index contributed by atoms with van der Waals surface area (Å²) < 4.78 is 8.88. The number of hydrogen-bond donors (Lipinski definition) is 5. The molecule has 0 aromatic carbocycles. The number of unbranched alkanes of at least 4 members (excludes halogenated alkanes) is 21. The van der Waals surface area contributed by atoms with E-state index in [1.807, 2.05) is 0 Å². The normalized spacial score (nSPS) is 12.5. The van der Waals surface area contributed by atoms with Gasteiger partial charge in [0, 0.05) is 12.6 Å². The molecule has 0 aliphatic rings. The van der Waals surface area contributed by atoms with Gasteiger partial charge in [0.25, 0.3) is 0 Å². The van der Waals surface area contributed by atoms with Gasteiger partial charge in [0.1, 0.15) is 0 Å². The Bertz CT molecular complexity index is 497. The number of phosphoric acid groups is 1. The number of aliphatic hydroxyl groups is 2. The van der Waals surface area contributed by atoms with Gasteiger partial charge < -0.3 is 24.9 Å². The minimum atomic E-state index is -4.64. The maximum absolute atomic E-state index is 9.95. The fourth-order valence-corrected chi connectivity index (χ4v) is 5.19. The van der Waals surface area contributed by atoms with Crippen molar-refractivity contribution < 1.29 is 29.5 Å². The van der Waals surface area contributed by atoms with Gasteiger partial charge in [0.2, 0.25) is 0 Å². The fourth-order valence-electron chi connectivity index (χ4n) is 5.19. The van der Waals surface area contributed by atoms with Crippen molar-refractivity contribution in [3.63, 3.8) is 0 Å². The average Bonchev–Trinajstić information content (AvgIpc) is 2.88. The van der Waals surface area contributed by atoms with Crippen LogP contribution in [0.25, 0.3) is 0 Å². The van der Waals surface area contributed by atoms with Crippen LogP contribution in [0.15, 0.2) is 0 Å². The molecule has 0 saturated carbocycles. The SMILES string of the molecule is CCCCCCCCCCCCCCCC(CO)N(CCO)CCCCCCCCCCCC.O=P(O)(O)O. The Morgan fingerprint density at radius 1 is 0.513 bits per heavy atom.